The molecular weight excluding hydrogens is 382 g/mol. The van der Waals surface area contributed by atoms with Crippen LogP contribution in [0.3, 0.4) is 0 Å². The number of nitrogens with zero attached hydrogens (tertiary/aromatic N) is 2. The van der Waals surface area contributed by atoms with Gasteiger partial charge in [0, 0.05) is 10.0 Å². The van der Waals surface area contributed by atoms with Crippen molar-refractivity contribution < 1.29 is 19.6 Å². The van der Waals surface area contributed by atoms with Crippen LogP contribution in [-0.4, -0.2) is 29.3 Å². The standard InChI is InChI=1S/C15H12BrN3O5/c1-24-14-12(20)6-5-10(13(14)19(22)23)8-17-18-15(21)9-3-2-4-11(16)7-9/h2-8,20H,1H3,(H,18,21). The maximum atomic E-state index is 11.9. The molecule has 0 saturated carbocycles. The first kappa shape index (κ1) is 17.4. The van der Waals surface area contributed by atoms with Gasteiger partial charge in [-0.2, -0.15) is 5.10 Å². The molecule has 1 amide bonds. The van der Waals surface area contributed by atoms with Crippen LogP contribution in [-0.2, 0) is 0 Å². The van der Waals surface area contributed by atoms with Crippen LogP contribution in [0.15, 0.2) is 46.0 Å². The van der Waals surface area contributed by atoms with Crippen LogP contribution in [0, 0.1) is 10.1 Å². The van der Waals surface area contributed by atoms with E-state index >= 15 is 0 Å². The number of amides is 1. The summed E-state index contributed by atoms with van der Waals surface area (Å²) in [5, 5.41) is 24.5. The summed E-state index contributed by atoms with van der Waals surface area (Å²) in [5.74, 6) is -1.11. The van der Waals surface area contributed by atoms with Gasteiger partial charge in [0.2, 0.25) is 5.75 Å². The molecule has 2 aromatic carbocycles. The first-order valence-electron chi connectivity index (χ1n) is 6.57. The number of methoxy groups -OCH3 is 1. The smallest absolute Gasteiger partial charge is 0.323 e. The van der Waals surface area contributed by atoms with E-state index in [1.54, 1.807) is 24.3 Å². The Morgan fingerprint density at radius 1 is 1.42 bits per heavy atom. The molecule has 9 heteroatoms. The number of ether oxygens (including phenoxy) is 1. The maximum absolute atomic E-state index is 11.9. The molecule has 0 aliphatic rings. The number of aromatic hydroxyl groups is 1. The number of nitro groups is 1. The summed E-state index contributed by atoms with van der Waals surface area (Å²) in [6.07, 6.45) is 1.11. The molecule has 2 rings (SSSR count). The van der Waals surface area contributed by atoms with E-state index in [4.69, 9.17) is 4.74 Å². The predicted molar refractivity (Wildman–Crippen MR) is 90.5 cm³/mol. The number of nitrogens with one attached hydrogen (secondary N) is 1. The van der Waals surface area contributed by atoms with Gasteiger partial charge in [-0.1, -0.05) is 22.0 Å². The Kier molecular flexibility index (Phi) is 5.48. The second-order valence-corrected chi connectivity index (χ2v) is 5.44. The third-order valence-electron chi connectivity index (χ3n) is 2.99. The van der Waals surface area contributed by atoms with E-state index in [-0.39, 0.29) is 17.1 Å². The fraction of sp³-hybridized carbons (Fsp3) is 0.0667. The Balaban J connectivity index is 2.23. The van der Waals surface area contributed by atoms with E-state index in [1.807, 2.05) is 0 Å². The second-order valence-electron chi connectivity index (χ2n) is 4.52. The van der Waals surface area contributed by atoms with Crippen molar-refractivity contribution in [1.29, 1.82) is 0 Å². The number of nitro benzene ring substituents is 1. The molecule has 0 aromatic heterocycles. The highest BCUT2D eigenvalue weighted by Crippen LogP contribution is 2.37. The summed E-state index contributed by atoms with van der Waals surface area (Å²) in [6.45, 7) is 0. The molecule has 0 aliphatic carbocycles. The van der Waals surface area contributed by atoms with Gasteiger partial charge in [-0.3, -0.25) is 14.9 Å². The molecule has 0 saturated heterocycles. The minimum Gasteiger partial charge on any atom is -0.504 e. The van der Waals surface area contributed by atoms with E-state index in [9.17, 15) is 20.0 Å². The minimum absolute atomic E-state index is 0.0733. The monoisotopic (exact) mass is 393 g/mol. The number of benzene rings is 2. The van der Waals surface area contributed by atoms with Crippen molar-refractivity contribution in [3.8, 4) is 11.5 Å². The Bertz CT molecular complexity index is 823. The summed E-state index contributed by atoms with van der Waals surface area (Å²) in [6, 6.07) is 9.21. The summed E-state index contributed by atoms with van der Waals surface area (Å²) < 4.78 is 5.58. The Labute approximate surface area is 145 Å². The number of hydrogen-bond acceptors (Lipinski definition) is 6. The Hall–Kier alpha value is -2.94. The lowest BCUT2D eigenvalue weighted by Gasteiger charge is -2.06. The molecule has 0 heterocycles. The van der Waals surface area contributed by atoms with Crippen LogP contribution in [0.2, 0.25) is 0 Å². The zero-order valence-electron chi connectivity index (χ0n) is 12.4. The summed E-state index contributed by atoms with van der Waals surface area (Å²) in [5.41, 5.74) is 2.28. The van der Waals surface area contributed by atoms with E-state index in [1.165, 1.54) is 19.2 Å². The van der Waals surface area contributed by atoms with Crippen molar-refractivity contribution in [3.63, 3.8) is 0 Å². The van der Waals surface area contributed by atoms with E-state index in [0.29, 0.717) is 5.56 Å². The first-order valence-corrected chi connectivity index (χ1v) is 7.36. The molecular formula is C15H12BrN3O5. The van der Waals surface area contributed by atoms with Crippen LogP contribution >= 0.6 is 15.9 Å². The van der Waals surface area contributed by atoms with Gasteiger partial charge >= 0.3 is 5.69 Å². The SMILES string of the molecule is COc1c(O)ccc(C=NNC(=O)c2cccc(Br)c2)c1[N+](=O)[O-]. The zero-order valence-corrected chi connectivity index (χ0v) is 14.0. The molecule has 0 atom stereocenters. The number of rotatable bonds is 5. The molecule has 0 bridgehead atoms. The number of carbonyl (C=O) groups excluding carboxylic acids is 1. The lowest BCUT2D eigenvalue weighted by Crippen LogP contribution is -2.17. The van der Waals surface area contributed by atoms with E-state index in [2.05, 4.69) is 26.5 Å². The highest BCUT2D eigenvalue weighted by Gasteiger charge is 2.23. The molecule has 0 spiro atoms. The lowest BCUT2D eigenvalue weighted by atomic mass is 10.1. The third kappa shape index (κ3) is 3.87. The van der Waals surface area contributed by atoms with Crippen molar-refractivity contribution in [2.45, 2.75) is 0 Å². The Morgan fingerprint density at radius 3 is 2.79 bits per heavy atom. The van der Waals surface area contributed by atoms with Crippen molar-refractivity contribution >= 4 is 33.7 Å². The van der Waals surface area contributed by atoms with Gasteiger partial charge in [0.25, 0.3) is 5.91 Å². The Morgan fingerprint density at radius 2 is 2.17 bits per heavy atom. The van der Waals surface area contributed by atoms with Gasteiger partial charge in [-0.15, -0.1) is 0 Å². The molecule has 2 N–H and O–H groups in total. The molecule has 0 fully saturated rings. The minimum atomic E-state index is -0.698. The maximum Gasteiger partial charge on any atom is 0.323 e. The molecule has 2 aromatic rings. The fourth-order valence-electron chi connectivity index (χ4n) is 1.92. The van der Waals surface area contributed by atoms with Gasteiger partial charge in [0.1, 0.15) is 0 Å². The van der Waals surface area contributed by atoms with E-state index < -0.39 is 16.5 Å². The fourth-order valence-corrected chi connectivity index (χ4v) is 2.32. The number of phenolic OH excluding ortho intramolecular Hbond substituents is 1. The molecule has 124 valence electrons. The topological polar surface area (TPSA) is 114 Å². The van der Waals surface area contributed by atoms with Crippen molar-refractivity contribution in [3.05, 3.63) is 62.1 Å². The molecule has 0 radical (unpaired) electrons. The third-order valence-corrected chi connectivity index (χ3v) is 3.48. The summed E-state index contributed by atoms with van der Waals surface area (Å²) in [7, 11) is 1.21. The van der Waals surface area contributed by atoms with Crippen LogP contribution in [0.25, 0.3) is 0 Å². The van der Waals surface area contributed by atoms with Crippen molar-refractivity contribution in [2.24, 2.45) is 5.10 Å². The van der Waals surface area contributed by atoms with E-state index in [0.717, 1.165) is 10.7 Å². The van der Waals surface area contributed by atoms with Crippen molar-refractivity contribution in [1.82, 2.24) is 5.43 Å². The van der Waals surface area contributed by atoms with Gasteiger partial charge in [-0.25, -0.2) is 5.43 Å². The van der Waals surface area contributed by atoms with Gasteiger partial charge in [0.05, 0.1) is 23.8 Å². The lowest BCUT2D eigenvalue weighted by molar-refractivity contribution is -0.386. The van der Waals surface area contributed by atoms with Crippen molar-refractivity contribution in [2.75, 3.05) is 7.11 Å². The van der Waals surface area contributed by atoms with Gasteiger partial charge in [0.15, 0.2) is 5.75 Å². The average molecular weight is 394 g/mol. The molecule has 0 unspecified atom stereocenters. The first-order chi connectivity index (χ1) is 11.4. The molecule has 8 nitrogen and oxygen atoms in total. The number of hydrazone groups is 1. The highest BCUT2D eigenvalue weighted by molar-refractivity contribution is 9.10. The summed E-state index contributed by atoms with van der Waals surface area (Å²) in [4.78, 5) is 22.4. The second kappa shape index (κ2) is 7.55. The predicted octanol–water partition coefficient (Wildman–Crippen LogP) is 2.84. The number of carbonyl (C=O) groups is 1. The zero-order chi connectivity index (χ0) is 17.7. The highest BCUT2D eigenvalue weighted by atomic mass is 79.9. The normalized spacial score (nSPS) is 10.6. The van der Waals surface area contributed by atoms with Gasteiger partial charge < -0.3 is 9.84 Å². The summed E-state index contributed by atoms with van der Waals surface area (Å²) >= 11 is 3.25. The largest absolute Gasteiger partial charge is 0.504 e. The number of hydrogen-bond donors (Lipinski definition) is 2. The van der Waals surface area contributed by atoms with Crippen LogP contribution in [0.4, 0.5) is 5.69 Å². The number of phenols is 1. The molecule has 24 heavy (non-hydrogen) atoms. The van der Waals surface area contributed by atoms with Crippen LogP contribution in [0.5, 0.6) is 11.5 Å². The van der Waals surface area contributed by atoms with Crippen LogP contribution < -0.4 is 10.2 Å². The number of halogens is 1. The van der Waals surface area contributed by atoms with Crippen LogP contribution in [0.1, 0.15) is 15.9 Å². The average Bonchev–Trinajstić information content (AvgIpc) is 2.55. The van der Waals surface area contributed by atoms with Gasteiger partial charge in [-0.05, 0) is 30.3 Å². The molecule has 0 aliphatic heterocycles. The quantitative estimate of drug-likeness (QED) is 0.460.